The van der Waals surface area contributed by atoms with E-state index >= 15 is 0 Å². The second-order valence-corrected chi connectivity index (χ2v) is 6.33. The lowest BCUT2D eigenvalue weighted by Crippen LogP contribution is -2.22. The van der Waals surface area contributed by atoms with Crippen molar-refractivity contribution in [2.75, 3.05) is 6.54 Å². The quantitative estimate of drug-likeness (QED) is 0.821. The zero-order valence-corrected chi connectivity index (χ0v) is 12.5. The third-order valence-corrected chi connectivity index (χ3v) is 3.85. The minimum absolute atomic E-state index is 0.466. The normalized spacial score (nSPS) is 12.6. The number of halogens is 1. The van der Waals surface area contributed by atoms with E-state index in [4.69, 9.17) is 4.42 Å². The first kappa shape index (κ1) is 13.6. The first-order chi connectivity index (χ1) is 8.74. The lowest BCUT2D eigenvalue weighted by molar-refractivity contribution is 0.484. The molecule has 2 rings (SSSR count). The molecular weight excluding hydrogens is 312 g/mol. The summed E-state index contributed by atoms with van der Waals surface area (Å²) in [7, 11) is 0. The molecule has 0 aromatic carbocycles. The summed E-state index contributed by atoms with van der Waals surface area (Å²) >= 11 is 5.15. The maximum Gasteiger partial charge on any atom is 0.117 e. The topological polar surface area (TPSA) is 38.1 Å². The monoisotopic (exact) mass is 326 g/mol. The zero-order valence-electron chi connectivity index (χ0n) is 10.1. The van der Waals surface area contributed by atoms with Gasteiger partial charge in [0.2, 0.25) is 0 Å². The fourth-order valence-electron chi connectivity index (χ4n) is 1.49. The van der Waals surface area contributed by atoms with Gasteiger partial charge in [-0.3, -0.25) is 0 Å². The molecule has 0 bridgehead atoms. The summed E-state index contributed by atoms with van der Waals surface area (Å²) in [5.41, 5.74) is 0. The van der Waals surface area contributed by atoms with Crippen LogP contribution in [0.4, 0.5) is 0 Å². The molecule has 0 amide bonds. The second kappa shape index (κ2) is 6.97. The predicted molar refractivity (Wildman–Crippen MR) is 77.7 cm³/mol. The number of nitrogens with one attached hydrogen (secondary N) is 1. The number of hydrogen-bond donors (Lipinski definition) is 1. The summed E-state index contributed by atoms with van der Waals surface area (Å²) in [6, 6.07) is 7.91. The maximum absolute atomic E-state index is 5.26. The van der Waals surface area contributed by atoms with Gasteiger partial charge in [0.1, 0.15) is 5.76 Å². The van der Waals surface area contributed by atoms with Gasteiger partial charge in [-0.2, -0.15) is 0 Å². The third-order valence-electron chi connectivity index (χ3n) is 2.33. The molecule has 2 aromatic heterocycles. The van der Waals surface area contributed by atoms with Gasteiger partial charge in [-0.15, -0.1) is 11.8 Å². The summed E-state index contributed by atoms with van der Waals surface area (Å²) in [5.74, 6) is 0.967. The van der Waals surface area contributed by atoms with Crippen LogP contribution in [0.5, 0.6) is 0 Å². The summed E-state index contributed by atoms with van der Waals surface area (Å²) in [5, 5.41) is 4.88. The largest absolute Gasteiger partial charge is 0.468 e. The molecule has 3 nitrogen and oxygen atoms in total. The van der Waals surface area contributed by atoms with Crippen molar-refractivity contribution >= 4 is 27.7 Å². The highest BCUT2D eigenvalue weighted by atomic mass is 79.9. The fourth-order valence-corrected chi connectivity index (χ4v) is 2.60. The minimum Gasteiger partial charge on any atom is -0.468 e. The number of pyridine rings is 1. The summed E-state index contributed by atoms with van der Waals surface area (Å²) < 4.78 is 6.27. The van der Waals surface area contributed by atoms with Crippen molar-refractivity contribution in [2.24, 2.45) is 0 Å². The van der Waals surface area contributed by atoms with E-state index in [2.05, 4.69) is 33.2 Å². The highest BCUT2D eigenvalue weighted by molar-refractivity contribution is 9.10. The van der Waals surface area contributed by atoms with Gasteiger partial charge in [-0.05, 0) is 40.2 Å². The van der Waals surface area contributed by atoms with E-state index in [-0.39, 0.29) is 0 Å². The Morgan fingerprint density at radius 1 is 1.44 bits per heavy atom. The van der Waals surface area contributed by atoms with Gasteiger partial charge in [0.15, 0.2) is 0 Å². The Kier molecular flexibility index (Phi) is 5.28. The van der Waals surface area contributed by atoms with Gasteiger partial charge in [0.25, 0.3) is 0 Å². The van der Waals surface area contributed by atoms with Gasteiger partial charge >= 0.3 is 0 Å². The summed E-state index contributed by atoms with van der Waals surface area (Å²) in [6.45, 7) is 3.87. The number of furan rings is 1. The average Bonchev–Trinajstić information content (AvgIpc) is 2.85. The minimum atomic E-state index is 0.466. The molecule has 1 N–H and O–H groups in total. The van der Waals surface area contributed by atoms with Crippen molar-refractivity contribution in [1.82, 2.24) is 10.3 Å². The number of nitrogens with zero attached hydrogens (tertiary/aromatic N) is 1. The van der Waals surface area contributed by atoms with E-state index in [0.29, 0.717) is 5.25 Å². The van der Waals surface area contributed by atoms with E-state index in [9.17, 15) is 0 Å². The predicted octanol–water partition coefficient (Wildman–Crippen LogP) is 3.71. The van der Waals surface area contributed by atoms with Gasteiger partial charge in [0.05, 0.1) is 17.8 Å². The van der Waals surface area contributed by atoms with Gasteiger partial charge in [-0.25, -0.2) is 4.98 Å². The Hall–Kier alpha value is -0.780. The molecule has 1 atom stereocenters. The van der Waals surface area contributed by atoms with Crippen LogP contribution in [-0.4, -0.2) is 16.8 Å². The molecule has 1 unspecified atom stereocenters. The van der Waals surface area contributed by atoms with Crippen LogP contribution in [0.1, 0.15) is 12.7 Å². The van der Waals surface area contributed by atoms with Crippen molar-refractivity contribution < 1.29 is 4.42 Å². The van der Waals surface area contributed by atoms with Crippen LogP contribution in [0.2, 0.25) is 0 Å². The molecule has 2 aromatic rings. The van der Waals surface area contributed by atoms with Gasteiger partial charge in [-0.1, -0.05) is 6.92 Å². The number of rotatable bonds is 6. The summed E-state index contributed by atoms with van der Waals surface area (Å²) in [4.78, 5) is 4.35. The Labute approximate surface area is 120 Å². The molecule has 18 heavy (non-hydrogen) atoms. The van der Waals surface area contributed by atoms with Crippen molar-refractivity contribution in [3.63, 3.8) is 0 Å². The van der Waals surface area contributed by atoms with Crippen LogP contribution in [0.25, 0.3) is 0 Å². The van der Waals surface area contributed by atoms with Crippen LogP contribution < -0.4 is 5.32 Å². The van der Waals surface area contributed by atoms with Crippen molar-refractivity contribution in [3.8, 4) is 0 Å². The number of aromatic nitrogens is 1. The molecule has 0 fully saturated rings. The van der Waals surface area contributed by atoms with Crippen LogP contribution in [0, 0.1) is 0 Å². The van der Waals surface area contributed by atoms with Crippen molar-refractivity contribution in [1.29, 1.82) is 0 Å². The third kappa shape index (κ3) is 4.48. The van der Waals surface area contributed by atoms with Crippen LogP contribution in [0.3, 0.4) is 0 Å². The Morgan fingerprint density at radius 2 is 2.33 bits per heavy atom. The highest BCUT2D eigenvalue weighted by Gasteiger charge is 2.05. The Balaban J connectivity index is 1.71. The van der Waals surface area contributed by atoms with E-state index in [1.807, 2.05) is 30.5 Å². The summed E-state index contributed by atoms with van der Waals surface area (Å²) in [6.07, 6.45) is 3.52. The zero-order chi connectivity index (χ0) is 12.8. The first-order valence-corrected chi connectivity index (χ1v) is 7.42. The Morgan fingerprint density at radius 3 is 3.00 bits per heavy atom. The molecule has 0 aliphatic heterocycles. The molecular formula is C13H15BrN2OS. The molecule has 0 spiro atoms. The van der Waals surface area contributed by atoms with Gasteiger partial charge in [0, 0.05) is 22.5 Å². The van der Waals surface area contributed by atoms with Gasteiger partial charge < -0.3 is 9.73 Å². The first-order valence-electron chi connectivity index (χ1n) is 5.75. The lowest BCUT2D eigenvalue weighted by atomic mass is 10.4. The standard InChI is InChI=1S/C13H15BrN2OS/c1-10(7-15-9-12-3-2-6-17-12)18-13-5-4-11(14)8-16-13/h2-6,8,10,15H,7,9H2,1H3. The maximum atomic E-state index is 5.26. The van der Waals surface area contributed by atoms with Crippen molar-refractivity contribution in [3.05, 3.63) is 47.0 Å². The number of hydrogen-bond acceptors (Lipinski definition) is 4. The molecule has 5 heteroatoms. The molecule has 0 saturated heterocycles. The molecule has 0 radical (unpaired) electrons. The van der Waals surface area contributed by atoms with E-state index in [0.717, 1.165) is 28.3 Å². The van der Waals surface area contributed by atoms with Crippen LogP contribution >= 0.6 is 27.7 Å². The molecule has 2 heterocycles. The fraction of sp³-hybridized carbons (Fsp3) is 0.308. The number of thioether (sulfide) groups is 1. The molecule has 0 saturated carbocycles. The van der Waals surface area contributed by atoms with Crippen LogP contribution in [-0.2, 0) is 6.54 Å². The van der Waals surface area contributed by atoms with E-state index in [1.165, 1.54) is 0 Å². The molecule has 0 aliphatic rings. The highest BCUT2D eigenvalue weighted by Crippen LogP contribution is 2.21. The Bertz CT molecular complexity index is 458. The smallest absolute Gasteiger partial charge is 0.117 e. The van der Waals surface area contributed by atoms with E-state index < -0.39 is 0 Å². The van der Waals surface area contributed by atoms with Crippen molar-refractivity contribution in [2.45, 2.75) is 23.7 Å². The van der Waals surface area contributed by atoms with E-state index in [1.54, 1.807) is 18.0 Å². The second-order valence-electron chi connectivity index (χ2n) is 3.95. The molecule has 96 valence electrons. The molecule has 0 aliphatic carbocycles. The SMILES string of the molecule is CC(CNCc1ccco1)Sc1ccc(Br)cn1. The lowest BCUT2D eigenvalue weighted by Gasteiger charge is -2.11. The van der Waals surface area contributed by atoms with Crippen LogP contribution in [0.15, 0.2) is 50.6 Å². The average molecular weight is 327 g/mol.